The lowest BCUT2D eigenvalue weighted by molar-refractivity contribution is 0.591. The molecule has 3 aromatic rings. The lowest BCUT2D eigenvalue weighted by atomic mass is 10.2. The molecule has 0 spiro atoms. The van der Waals surface area contributed by atoms with Gasteiger partial charge >= 0.3 is 0 Å². The molecule has 7 nitrogen and oxygen atoms in total. The van der Waals surface area contributed by atoms with E-state index in [4.69, 9.17) is 0 Å². The minimum Gasteiger partial charge on any atom is -0.283 e. The van der Waals surface area contributed by atoms with Gasteiger partial charge in [-0.2, -0.15) is 0 Å². The Bertz CT molecular complexity index is 1170. The predicted octanol–water partition coefficient (Wildman–Crippen LogP) is 2.96. The highest BCUT2D eigenvalue weighted by atomic mass is 32.2. The van der Waals surface area contributed by atoms with Gasteiger partial charge in [-0.25, -0.2) is 26.2 Å². The van der Waals surface area contributed by atoms with Gasteiger partial charge in [-0.3, -0.25) is 9.44 Å². The summed E-state index contributed by atoms with van der Waals surface area (Å²) in [6.45, 7) is 0. The van der Waals surface area contributed by atoms with Crippen LogP contribution in [0.2, 0.25) is 0 Å². The van der Waals surface area contributed by atoms with Crippen molar-refractivity contribution in [1.82, 2.24) is 4.98 Å². The van der Waals surface area contributed by atoms with Crippen LogP contribution in [0, 0.1) is 5.82 Å². The van der Waals surface area contributed by atoms with Crippen molar-refractivity contribution in [3.8, 4) is 0 Å². The number of nitrogens with zero attached hydrogens (tertiary/aromatic N) is 1. The maximum absolute atomic E-state index is 13.7. The summed E-state index contributed by atoms with van der Waals surface area (Å²) < 4.78 is 67.4. The van der Waals surface area contributed by atoms with Crippen LogP contribution in [-0.4, -0.2) is 21.8 Å². The van der Waals surface area contributed by atoms with E-state index in [1.165, 1.54) is 54.7 Å². The fourth-order valence-corrected chi connectivity index (χ4v) is 4.58. The Kier molecular flexibility index (Phi) is 5.61. The number of benzene rings is 2. The predicted molar refractivity (Wildman–Crippen MR) is 104 cm³/mol. The first-order valence-electron chi connectivity index (χ1n) is 8.03. The molecule has 28 heavy (non-hydrogen) atoms. The third-order valence-corrected chi connectivity index (χ3v) is 6.25. The number of sulfonamides is 2. The zero-order valence-electron chi connectivity index (χ0n) is 14.4. The van der Waals surface area contributed by atoms with Crippen LogP contribution in [0.4, 0.5) is 15.9 Å². The molecule has 0 atom stereocenters. The largest absolute Gasteiger partial charge is 0.283 e. The standard InChI is InChI=1S/C18H16FN3O4S2/c19-17-6-2-1-5-14(17)13-27(23,24)21-15-8-10-16(11-9-15)28(25,26)22-18-7-3-4-12-20-18/h1-12,21H,13H2,(H,20,22). The summed E-state index contributed by atoms with van der Waals surface area (Å²) in [6, 6.07) is 15.5. The summed E-state index contributed by atoms with van der Waals surface area (Å²) in [7, 11) is -7.74. The van der Waals surface area contributed by atoms with E-state index in [-0.39, 0.29) is 22.0 Å². The average molecular weight is 421 g/mol. The van der Waals surface area contributed by atoms with Gasteiger partial charge in [0.15, 0.2) is 0 Å². The maximum atomic E-state index is 13.7. The first kappa shape index (κ1) is 19.8. The molecule has 0 unspecified atom stereocenters. The molecule has 0 aliphatic heterocycles. The molecule has 0 saturated heterocycles. The summed E-state index contributed by atoms with van der Waals surface area (Å²) in [5.41, 5.74) is 0.196. The monoisotopic (exact) mass is 421 g/mol. The summed E-state index contributed by atoms with van der Waals surface area (Å²) in [6.07, 6.45) is 1.45. The molecule has 146 valence electrons. The first-order chi connectivity index (χ1) is 13.3. The SMILES string of the molecule is O=S(=O)(Cc1ccccc1F)Nc1ccc(S(=O)(=O)Nc2ccccn2)cc1. The molecule has 0 radical (unpaired) electrons. The van der Waals surface area contributed by atoms with Crippen molar-refractivity contribution < 1.29 is 21.2 Å². The topological polar surface area (TPSA) is 105 Å². The number of halogens is 1. The molecule has 2 aromatic carbocycles. The minimum atomic E-state index is -3.87. The Morgan fingerprint density at radius 2 is 1.50 bits per heavy atom. The van der Waals surface area contributed by atoms with E-state index < -0.39 is 31.6 Å². The zero-order chi connectivity index (χ0) is 20.2. The van der Waals surface area contributed by atoms with Gasteiger partial charge in [0.2, 0.25) is 10.0 Å². The molecule has 1 heterocycles. The van der Waals surface area contributed by atoms with Gasteiger partial charge in [0.1, 0.15) is 11.6 Å². The van der Waals surface area contributed by atoms with Crippen LogP contribution >= 0.6 is 0 Å². The number of rotatable bonds is 7. The maximum Gasteiger partial charge on any atom is 0.263 e. The van der Waals surface area contributed by atoms with Crippen LogP contribution in [0.25, 0.3) is 0 Å². The second kappa shape index (κ2) is 7.95. The lowest BCUT2D eigenvalue weighted by Crippen LogP contribution is -2.16. The van der Waals surface area contributed by atoms with Crippen LogP contribution in [0.3, 0.4) is 0 Å². The van der Waals surface area contributed by atoms with Crippen molar-refractivity contribution in [2.75, 3.05) is 9.44 Å². The Balaban J connectivity index is 1.73. The van der Waals surface area contributed by atoms with E-state index >= 15 is 0 Å². The second-order valence-electron chi connectivity index (χ2n) is 5.80. The third kappa shape index (κ3) is 5.05. The van der Waals surface area contributed by atoms with E-state index in [2.05, 4.69) is 14.4 Å². The number of aromatic nitrogens is 1. The fraction of sp³-hybridized carbons (Fsp3) is 0.0556. The zero-order valence-corrected chi connectivity index (χ0v) is 16.0. The summed E-state index contributed by atoms with van der Waals surface area (Å²) >= 11 is 0. The molecule has 0 aliphatic rings. The van der Waals surface area contributed by atoms with Crippen molar-refractivity contribution in [1.29, 1.82) is 0 Å². The average Bonchev–Trinajstić information content (AvgIpc) is 2.64. The molecule has 1 aromatic heterocycles. The van der Waals surface area contributed by atoms with Crippen LogP contribution in [0.1, 0.15) is 5.56 Å². The summed E-state index contributed by atoms with van der Waals surface area (Å²) in [5, 5.41) is 0. The molecule has 0 aliphatic carbocycles. The van der Waals surface area contributed by atoms with E-state index in [0.29, 0.717) is 0 Å². The van der Waals surface area contributed by atoms with Gasteiger partial charge in [-0.05, 0) is 42.5 Å². The molecule has 0 bridgehead atoms. The van der Waals surface area contributed by atoms with Crippen molar-refractivity contribution in [2.45, 2.75) is 10.6 Å². The summed E-state index contributed by atoms with van der Waals surface area (Å²) in [4.78, 5) is 3.83. The molecule has 3 rings (SSSR count). The second-order valence-corrected chi connectivity index (χ2v) is 9.20. The van der Waals surface area contributed by atoms with Gasteiger partial charge in [-0.15, -0.1) is 0 Å². The Morgan fingerprint density at radius 1 is 0.821 bits per heavy atom. The van der Waals surface area contributed by atoms with Gasteiger partial charge in [0.25, 0.3) is 10.0 Å². The van der Waals surface area contributed by atoms with E-state index in [1.807, 2.05) is 0 Å². The van der Waals surface area contributed by atoms with Crippen LogP contribution in [0.5, 0.6) is 0 Å². The highest BCUT2D eigenvalue weighted by molar-refractivity contribution is 7.92. The lowest BCUT2D eigenvalue weighted by Gasteiger charge is -2.10. The van der Waals surface area contributed by atoms with Crippen molar-refractivity contribution in [2.24, 2.45) is 0 Å². The molecule has 0 fully saturated rings. The number of hydrogen-bond acceptors (Lipinski definition) is 5. The smallest absolute Gasteiger partial charge is 0.263 e. The van der Waals surface area contributed by atoms with Crippen LogP contribution < -0.4 is 9.44 Å². The number of pyridine rings is 1. The van der Waals surface area contributed by atoms with Crippen molar-refractivity contribution in [3.05, 3.63) is 84.3 Å². The van der Waals surface area contributed by atoms with E-state index in [1.54, 1.807) is 18.2 Å². The molecular formula is C18H16FN3O4S2. The third-order valence-electron chi connectivity index (χ3n) is 3.65. The molecular weight excluding hydrogens is 405 g/mol. The Labute approximate surface area is 162 Å². The number of hydrogen-bond donors (Lipinski definition) is 2. The minimum absolute atomic E-state index is 0.0359. The molecule has 0 saturated carbocycles. The number of anilines is 2. The normalized spacial score (nSPS) is 11.8. The van der Waals surface area contributed by atoms with Crippen molar-refractivity contribution >= 4 is 31.6 Å². The highest BCUT2D eigenvalue weighted by Gasteiger charge is 2.17. The molecule has 10 heteroatoms. The van der Waals surface area contributed by atoms with Gasteiger partial charge in [0.05, 0.1) is 10.6 Å². The fourth-order valence-electron chi connectivity index (χ4n) is 2.36. The number of nitrogens with one attached hydrogen (secondary N) is 2. The van der Waals surface area contributed by atoms with Gasteiger partial charge in [-0.1, -0.05) is 24.3 Å². The van der Waals surface area contributed by atoms with E-state index in [9.17, 15) is 21.2 Å². The van der Waals surface area contributed by atoms with Gasteiger partial charge < -0.3 is 0 Å². The highest BCUT2D eigenvalue weighted by Crippen LogP contribution is 2.19. The van der Waals surface area contributed by atoms with Gasteiger partial charge in [0, 0.05) is 17.4 Å². The van der Waals surface area contributed by atoms with Crippen LogP contribution in [0.15, 0.2) is 77.8 Å². The molecule has 2 N–H and O–H groups in total. The Hall–Kier alpha value is -2.98. The van der Waals surface area contributed by atoms with Crippen molar-refractivity contribution in [3.63, 3.8) is 0 Å². The van der Waals surface area contributed by atoms with Crippen LogP contribution in [-0.2, 0) is 25.8 Å². The quantitative estimate of drug-likeness (QED) is 0.610. The summed E-state index contributed by atoms with van der Waals surface area (Å²) in [5.74, 6) is -0.992. The first-order valence-corrected chi connectivity index (χ1v) is 11.2. The Morgan fingerprint density at radius 3 is 2.14 bits per heavy atom. The van der Waals surface area contributed by atoms with E-state index in [0.717, 1.165) is 0 Å². The molecule has 0 amide bonds.